The molecule has 2 bridgehead atoms. The SMILES string of the molecule is N#Cc1ccc(N2C(=O)C3C4C[C@H](CN4C(=O)C(F)(F)C(F)(F)C(F)(F)C(F)(F)C(F)(F)C(F)(F)C(F)(F)F)N3C2=O)cc1C(F)(F)F. The van der Waals surface area contributed by atoms with Gasteiger partial charge in [-0.05, 0) is 24.6 Å². The van der Waals surface area contributed by atoms with Gasteiger partial charge >= 0.3 is 53.9 Å². The Morgan fingerprint density at radius 3 is 1.73 bits per heavy atom. The first kappa shape index (κ1) is 36.7. The molecule has 4 amide bonds. The zero-order chi connectivity index (χ0) is 37.2. The number of alkyl halides is 18. The smallest absolute Gasteiger partial charge is 0.330 e. The zero-order valence-corrected chi connectivity index (χ0v) is 22.2. The zero-order valence-electron chi connectivity index (χ0n) is 22.2. The van der Waals surface area contributed by atoms with Gasteiger partial charge < -0.3 is 9.80 Å². The van der Waals surface area contributed by atoms with Crippen molar-refractivity contribution >= 4 is 23.5 Å². The lowest BCUT2D eigenvalue weighted by molar-refractivity contribution is -0.450. The minimum atomic E-state index is -8.64. The van der Waals surface area contributed by atoms with Gasteiger partial charge in [-0.25, -0.2) is 9.69 Å². The number of hydrogen-bond acceptors (Lipinski definition) is 4. The summed E-state index contributed by atoms with van der Waals surface area (Å²) in [6, 6.07) is -5.27. The van der Waals surface area contributed by atoms with Crippen LogP contribution in [0.15, 0.2) is 18.2 Å². The van der Waals surface area contributed by atoms with E-state index in [9.17, 15) is 93.4 Å². The Bertz CT molecular complexity index is 1600. The van der Waals surface area contributed by atoms with Crippen LogP contribution in [-0.4, -0.2) is 94.0 Å². The van der Waals surface area contributed by atoms with Crippen LogP contribution in [0.1, 0.15) is 17.5 Å². The summed E-state index contributed by atoms with van der Waals surface area (Å²) in [5, 5.41) is 8.90. The highest BCUT2D eigenvalue weighted by molar-refractivity contribution is 6.22. The maximum atomic E-state index is 14.7. The molecule has 0 aromatic heterocycles. The third-order valence-electron chi connectivity index (χ3n) is 7.81. The van der Waals surface area contributed by atoms with E-state index in [1.165, 1.54) is 6.07 Å². The summed E-state index contributed by atoms with van der Waals surface area (Å²) in [4.78, 5) is 38.3. The Hall–Kier alpha value is -4.14. The molecule has 4 rings (SSSR count). The number of carbonyl (C=O) groups excluding carboxylic acids is 3. The topological polar surface area (TPSA) is 84.7 Å². The molecule has 3 atom stereocenters. The Morgan fingerprint density at radius 2 is 1.25 bits per heavy atom. The van der Waals surface area contributed by atoms with Crippen molar-refractivity contribution < 1.29 is 93.4 Å². The largest absolute Gasteiger partial charge is 0.460 e. The number of imide groups is 1. The fraction of sp³-hybridized carbons (Fsp3) is 0.565. The summed E-state index contributed by atoms with van der Waals surface area (Å²) in [6.45, 7) is -1.41. The molecule has 3 heterocycles. The van der Waals surface area contributed by atoms with Crippen LogP contribution in [0.2, 0.25) is 0 Å². The van der Waals surface area contributed by atoms with E-state index < -0.39 is 119 Å². The summed E-state index contributed by atoms with van der Waals surface area (Å²) in [5.74, 6) is -54.7. The highest BCUT2D eigenvalue weighted by Gasteiger charge is 2.94. The Labute approximate surface area is 252 Å². The molecule has 3 fully saturated rings. The number of nitriles is 1. The summed E-state index contributed by atoms with van der Waals surface area (Å²) in [7, 11) is 0. The number of amides is 4. The van der Waals surface area contributed by atoms with Crippen LogP contribution in [-0.2, 0) is 15.8 Å². The molecule has 1 aromatic carbocycles. The summed E-state index contributed by atoms with van der Waals surface area (Å²) in [6.07, 6.45) is -13.9. The molecule has 7 nitrogen and oxygen atoms in total. The first-order valence-electron chi connectivity index (χ1n) is 12.3. The van der Waals surface area contributed by atoms with Crippen molar-refractivity contribution in [2.45, 2.75) is 72.4 Å². The van der Waals surface area contributed by atoms with E-state index in [0.29, 0.717) is 17.0 Å². The van der Waals surface area contributed by atoms with E-state index in [-0.39, 0.29) is 11.0 Å². The van der Waals surface area contributed by atoms with Crippen LogP contribution >= 0.6 is 0 Å². The van der Waals surface area contributed by atoms with Gasteiger partial charge in [-0.3, -0.25) is 9.59 Å². The average molecular weight is 732 g/mol. The second-order valence-electron chi connectivity index (χ2n) is 10.5. The van der Waals surface area contributed by atoms with Crippen LogP contribution in [0.3, 0.4) is 0 Å². The summed E-state index contributed by atoms with van der Waals surface area (Å²) >= 11 is 0. The van der Waals surface area contributed by atoms with E-state index in [1.54, 1.807) is 0 Å². The number of nitrogens with zero attached hydrogens (tertiary/aromatic N) is 4. The molecule has 0 N–H and O–H groups in total. The number of fused-ring (bicyclic) bond motifs is 5. The van der Waals surface area contributed by atoms with Crippen LogP contribution in [0.4, 0.5) is 89.5 Å². The highest BCUT2D eigenvalue weighted by atomic mass is 19.4. The van der Waals surface area contributed by atoms with E-state index in [1.807, 2.05) is 0 Å². The van der Waals surface area contributed by atoms with Crippen molar-refractivity contribution in [3.63, 3.8) is 0 Å². The highest BCUT2D eigenvalue weighted by Crippen LogP contribution is 2.62. The monoisotopic (exact) mass is 732 g/mol. The van der Waals surface area contributed by atoms with E-state index in [0.717, 1.165) is 0 Å². The van der Waals surface area contributed by atoms with Gasteiger partial charge in [0.25, 0.3) is 11.8 Å². The minimum absolute atomic E-state index is 0.0292. The molecule has 0 spiro atoms. The number of halogens is 18. The molecule has 1 aromatic rings. The van der Waals surface area contributed by atoms with Crippen LogP contribution in [0.5, 0.6) is 0 Å². The van der Waals surface area contributed by atoms with Crippen molar-refractivity contribution in [3.8, 4) is 6.07 Å². The van der Waals surface area contributed by atoms with E-state index in [4.69, 9.17) is 5.26 Å². The normalized spacial score (nSPS) is 22.9. The van der Waals surface area contributed by atoms with Crippen molar-refractivity contribution in [2.75, 3.05) is 11.4 Å². The first-order chi connectivity index (χ1) is 21.4. The van der Waals surface area contributed by atoms with Crippen molar-refractivity contribution in [1.29, 1.82) is 5.26 Å². The fourth-order valence-corrected chi connectivity index (χ4v) is 5.41. The predicted molar refractivity (Wildman–Crippen MR) is 114 cm³/mol. The number of likely N-dealkylation sites (tertiary alicyclic amines) is 1. The standard InChI is InChI=1S/C23H10F18N4O3/c24-16(25,18(29,30)19(31,32)20(33,34)21(35,36)22(37,38)23(39,40)41)14(47)43-6-9-4-11(43)12-13(46)45(15(48)44(9)12)8-2-1-7(5-42)10(3-8)17(26,27)28/h1-3,9,11-12H,4,6H2/t9-,11?,12?/m1/s1. The van der Waals surface area contributed by atoms with Crippen LogP contribution in [0, 0.1) is 11.3 Å². The molecule has 0 aliphatic carbocycles. The maximum Gasteiger partial charge on any atom is 0.460 e. The van der Waals surface area contributed by atoms with E-state index in [2.05, 4.69) is 0 Å². The van der Waals surface area contributed by atoms with Gasteiger partial charge in [-0.2, -0.15) is 84.3 Å². The maximum absolute atomic E-state index is 14.7. The van der Waals surface area contributed by atoms with Gasteiger partial charge in [0.2, 0.25) is 0 Å². The van der Waals surface area contributed by atoms with Crippen LogP contribution in [0.25, 0.3) is 0 Å². The number of rotatable bonds is 7. The lowest BCUT2D eigenvalue weighted by Crippen LogP contribution is -2.74. The average Bonchev–Trinajstić information content (AvgIpc) is 3.61. The van der Waals surface area contributed by atoms with E-state index >= 15 is 0 Å². The fourth-order valence-electron chi connectivity index (χ4n) is 5.41. The number of hydrogen-bond donors (Lipinski definition) is 0. The Morgan fingerprint density at radius 1 is 0.750 bits per heavy atom. The first-order valence-corrected chi connectivity index (χ1v) is 12.3. The molecule has 0 radical (unpaired) electrons. The Balaban J connectivity index is 1.67. The van der Waals surface area contributed by atoms with Crippen molar-refractivity contribution in [2.24, 2.45) is 0 Å². The second kappa shape index (κ2) is 10.2. The predicted octanol–water partition coefficient (Wildman–Crippen LogP) is 6.07. The van der Waals surface area contributed by atoms with Gasteiger partial charge in [-0.15, -0.1) is 0 Å². The number of urea groups is 1. The van der Waals surface area contributed by atoms with Crippen LogP contribution < -0.4 is 4.90 Å². The lowest BCUT2D eigenvalue weighted by atomic mass is 9.90. The lowest BCUT2D eigenvalue weighted by Gasteiger charge is -2.42. The molecule has 2 unspecified atom stereocenters. The number of carbonyl (C=O) groups is 3. The quantitative estimate of drug-likeness (QED) is 0.252. The number of piperazine rings is 1. The molecule has 0 saturated carbocycles. The summed E-state index contributed by atoms with van der Waals surface area (Å²) < 4.78 is 244. The molecular weight excluding hydrogens is 722 g/mol. The molecular formula is C23H10F18N4O3. The molecule has 266 valence electrons. The number of anilines is 1. The van der Waals surface area contributed by atoms with Gasteiger partial charge in [0.1, 0.15) is 6.04 Å². The molecule has 3 aliphatic rings. The molecule has 3 saturated heterocycles. The molecule has 25 heteroatoms. The third-order valence-corrected chi connectivity index (χ3v) is 7.81. The number of benzene rings is 1. The van der Waals surface area contributed by atoms with Gasteiger partial charge in [0.05, 0.1) is 35.0 Å². The van der Waals surface area contributed by atoms with Gasteiger partial charge in [0, 0.05) is 6.54 Å². The van der Waals surface area contributed by atoms with Gasteiger partial charge in [-0.1, -0.05) is 0 Å². The van der Waals surface area contributed by atoms with Gasteiger partial charge in [0.15, 0.2) is 0 Å². The van der Waals surface area contributed by atoms with Crippen molar-refractivity contribution in [1.82, 2.24) is 9.80 Å². The molecule has 3 aliphatic heterocycles. The third kappa shape index (κ3) is 4.48. The summed E-state index contributed by atoms with van der Waals surface area (Å²) in [5.41, 5.74) is -3.60. The molecule has 48 heavy (non-hydrogen) atoms. The second-order valence-corrected chi connectivity index (χ2v) is 10.5. The Kier molecular flexibility index (Phi) is 7.79. The van der Waals surface area contributed by atoms with Crippen molar-refractivity contribution in [3.05, 3.63) is 29.3 Å². The minimum Gasteiger partial charge on any atom is -0.330 e.